The normalized spacial score (nSPS) is 15.4. The van der Waals surface area contributed by atoms with Gasteiger partial charge in [0.25, 0.3) is 5.56 Å². The van der Waals surface area contributed by atoms with Crippen LogP contribution in [-0.2, 0) is 6.54 Å². The SMILES string of the molecule is O=c1c(=CC(Cl)=Cc2ccccc2)sc2n1CCN=2. The molecule has 0 unspecified atom stereocenters. The van der Waals surface area contributed by atoms with E-state index in [1.54, 1.807) is 10.6 Å². The highest BCUT2D eigenvalue weighted by Crippen LogP contribution is 2.10. The molecule has 0 N–H and O–H groups in total. The van der Waals surface area contributed by atoms with Crippen LogP contribution in [0.25, 0.3) is 12.2 Å². The largest absolute Gasteiger partial charge is 0.282 e. The maximum absolute atomic E-state index is 12.0. The summed E-state index contributed by atoms with van der Waals surface area (Å²) in [5, 5.41) is 0.545. The first-order valence-corrected chi connectivity index (χ1v) is 7.11. The Morgan fingerprint density at radius 1 is 1.37 bits per heavy atom. The highest BCUT2D eigenvalue weighted by Gasteiger charge is 2.09. The molecule has 0 fully saturated rings. The molecule has 2 heterocycles. The van der Waals surface area contributed by atoms with Crippen LogP contribution >= 0.6 is 22.9 Å². The number of nitrogens with zero attached hydrogens (tertiary/aromatic N) is 2. The van der Waals surface area contributed by atoms with Gasteiger partial charge in [0.15, 0.2) is 4.80 Å². The molecule has 5 heteroatoms. The predicted molar refractivity (Wildman–Crippen MR) is 79.0 cm³/mol. The van der Waals surface area contributed by atoms with Gasteiger partial charge in [0.05, 0.1) is 11.1 Å². The van der Waals surface area contributed by atoms with Crippen molar-refractivity contribution in [3.8, 4) is 0 Å². The maximum atomic E-state index is 12.0. The molecule has 19 heavy (non-hydrogen) atoms. The van der Waals surface area contributed by atoms with E-state index in [1.807, 2.05) is 36.4 Å². The standard InChI is InChI=1S/C14H11ClN2OS/c15-11(8-10-4-2-1-3-5-10)9-12-13(18)17-7-6-16-14(17)19-12/h1-5,8-9H,6-7H2. The second kappa shape index (κ2) is 5.15. The van der Waals surface area contributed by atoms with Crippen LogP contribution in [0.3, 0.4) is 0 Å². The van der Waals surface area contributed by atoms with Crippen molar-refractivity contribution >= 4 is 35.1 Å². The van der Waals surface area contributed by atoms with E-state index >= 15 is 0 Å². The fourth-order valence-electron chi connectivity index (χ4n) is 1.94. The molecule has 1 aromatic carbocycles. The monoisotopic (exact) mass is 290 g/mol. The molecule has 96 valence electrons. The number of rotatable bonds is 2. The number of fused-ring (bicyclic) bond motifs is 1. The molecule has 3 rings (SSSR count). The Balaban J connectivity index is 2.03. The van der Waals surface area contributed by atoms with Gasteiger partial charge in [-0.3, -0.25) is 14.4 Å². The lowest BCUT2D eigenvalue weighted by molar-refractivity contribution is 0.740. The summed E-state index contributed by atoms with van der Waals surface area (Å²) in [7, 11) is 0. The van der Waals surface area contributed by atoms with Crippen LogP contribution in [0.1, 0.15) is 5.56 Å². The number of thiazole rings is 1. The van der Waals surface area contributed by atoms with E-state index in [0.717, 1.165) is 10.4 Å². The van der Waals surface area contributed by atoms with Crippen LogP contribution in [0.5, 0.6) is 0 Å². The molecular formula is C14H11ClN2OS. The second-order valence-corrected chi connectivity index (χ2v) is 5.62. The Kier molecular flexibility index (Phi) is 3.36. The summed E-state index contributed by atoms with van der Waals surface area (Å²) in [6.45, 7) is 1.38. The first kappa shape index (κ1) is 12.4. The van der Waals surface area contributed by atoms with Crippen LogP contribution < -0.4 is 14.9 Å². The fraction of sp³-hybridized carbons (Fsp3) is 0.143. The number of benzene rings is 1. The second-order valence-electron chi connectivity index (χ2n) is 4.17. The van der Waals surface area contributed by atoms with Gasteiger partial charge in [-0.05, 0) is 17.7 Å². The summed E-state index contributed by atoms with van der Waals surface area (Å²) in [4.78, 5) is 17.1. The van der Waals surface area contributed by atoms with Crippen molar-refractivity contribution in [2.45, 2.75) is 6.54 Å². The molecule has 3 nitrogen and oxygen atoms in total. The lowest BCUT2D eigenvalue weighted by atomic mass is 10.2. The molecule has 0 spiro atoms. The van der Waals surface area contributed by atoms with Crippen LogP contribution in [0, 0.1) is 0 Å². The number of aromatic nitrogens is 1. The quantitative estimate of drug-likeness (QED) is 0.827. The van der Waals surface area contributed by atoms with Crippen molar-refractivity contribution in [2.75, 3.05) is 6.54 Å². The Labute approximate surface area is 118 Å². The lowest BCUT2D eigenvalue weighted by Gasteiger charge is -1.92. The zero-order chi connectivity index (χ0) is 13.2. The van der Waals surface area contributed by atoms with E-state index in [4.69, 9.17) is 11.6 Å². The van der Waals surface area contributed by atoms with E-state index in [-0.39, 0.29) is 5.56 Å². The van der Waals surface area contributed by atoms with Crippen LogP contribution in [0.15, 0.2) is 45.2 Å². The minimum absolute atomic E-state index is 0.000798. The van der Waals surface area contributed by atoms with Crippen LogP contribution in [0.4, 0.5) is 0 Å². The van der Waals surface area contributed by atoms with E-state index in [0.29, 0.717) is 22.7 Å². The predicted octanol–water partition coefficient (Wildman–Crippen LogP) is 1.60. The van der Waals surface area contributed by atoms with Crippen molar-refractivity contribution in [1.29, 1.82) is 0 Å². The molecule has 1 aromatic heterocycles. The van der Waals surface area contributed by atoms with E-state index in [1.165, 1.54) is 11.3 Å². The van der Waals surface area contributed by atoms with Crippen molar-refractivity contribution in [3.05, 3.63) is 60.6 Å². The Morgan fingerprint density at radius 2 is 2.16 bits per heavy atom. The van der Waals surface area contributed by atoms with Crippen molar-refractivity contribution in [2.24, 2.45) is 4.99 Å². The topological polar surface area (TPSA) is 34.4 Å². The number of hydrogen-bond donors (Lipinski definition) is 0. The summed E-state index contributed by atoms with van der Waals surface area (Å²) in [5.74, 6) is 0. The average Bonchev–Trinajstić information content (AvgIpc) is 2.96. The van der Waals surface area contributed by atoms with Gasteiger partial charge in [0.2, 0.25) is 0 Å². The maximum Gasteiger partial charge on any atom is 0.270 e. The highest BCUT2D eigenvalue weighted by atomic mass is 35.5. The summed E-state index contributed by atoms with van der Waals surface area (Å²) < 4.78 is 2.33. The molecule has 0 bridgehead atoms. The van der Waals surface area contributed by atoms with Crippen LogP contribution in [0.2, 0.25) is 0 Å². The van der Waals surface area contributed by atoms with Gasteiger partial charge in [-0.1, -0.05) is 53.3 Å². The fourth-order valence-corrected chi connectivity index (χ4v) is 3.26. The van der Waals surface area contributed by atoms with Gasteiger partial charge in [-0.2, -0.15) is 0 Å². The minimum atomic E-state index is 0.000798. The third-order valence-electron chi connectivity index (χ3n) is 2.83. The van der Waals surface area contributed by atoms with E-state index < -0.39 is 0 Å². The zero-order valence-corrected chi connectivity index (χ0v) is 11.6. The third-order valence-corrected chi connectivity index (χ3v) is 4.09. The lowest BCUT2D eigenvalue weighted by Crippen LogP contribution is -2.29. The first-order chi connectivity index (χ1) is 9.24. The van der Waals surface area contributed by atoms with Gasteiger partial charge in [-0.25, -0.2) is 0 Å². The third kappa shape index (κ3) is 2.55. The molecule has 0 amide bonds. The molecule has 1 aliphatic rings. The van der Waals surface area contributed by atoms with Gasteiger partial charge < -0.3 is 0 Å². The Bertz CT molecular complexity index is 802. The van der Waals surface area contributed by atoms with Gasteiger partial charge >= 0.3 is 0 Å². The van der Waals surface area contributed by atoms with Gasteiger partial charge in [-0.15, -0.1) is 0 Å². The number of halogens is 1. The summed E-state index contributed by atoms with van der Waals surface area (Å²) in [5.41, 5.74) is 1.01. The molecule has 0 saturated carbocycles. The average molecular weight is 291 g/mol. The van der Waals surface area contributed by atoms with E-state index in [2.05, 4.69) is 4.99 Å². The molecule has 0 aliphatic carbocycles. The molecule has 0 saturated heterocycles. The highest BCUT2D eigenvalue weighted by molar-refractivity contribution is 7.07. The number of hydrogen-bond acceptors (Lipinski definition) is 3. The van der Waals surface area contributed by atoms with Crippen molar-refractivity contribution < 1.29 is 0 Å². The summed E-state index contributed by atoms with van der Waals surface area (Å²) in [6, 6.07) is 9.78. The number of allylic oxidation sites excluding steroid dienone is 1. The Hall–Kier alpha value is -1.65. The van der Waals surface area contributed by atoms with Crippen molar-refractivity contribution in [1.82, 2.24) is 4.57 Å². The van der Waals surface area contributed by atoms with Crippen LogP contribution in [-0.4, -0.2) is 11.1 Å². The summed E-state index contributed by atoms with van der Waals surface area (Å²) >= 11 is 7.57. The summed E-state index contributed by atoms with van der Waals surface area (Å²) in [6.07, 6.45) is 3.55. The molecule has 0 atom stereocenters. The smallest absolute Gasteiger partial charge is 0.270 e. The molecule has 0 radical (unpaired) electrons. The molecule has 2 aromatic rings. The van der Waals surface area contributed by atoms with Gasteiger partial charge in [0, 0.05) is 11.6 Å². The van der Waals surface area contributed by atoms with Crippen molar-refractivity contribution in [3.63, 3.8) is 0 Å². The van der Waals surface area contributed by atoms with Gasteiger partial charge in [0.1, 0.15) is 0 Å². The zero-order valence-electron chi connectivity index (χ0n) is 10.0. The first-order valence-electron chi connectivity index (χ1n) is 5.92. The van der Waals surface area contributed by atoms with E-state index in [9.17, 15) is 4.79 Å². The minimum Gasteiger partial charge on any atom is -0.282 e. The Morgan fingerprint density at radius 3 is 2.89 bits per heavy atom. The molecule has 1 aliphatic heterocycles. The molecular weight excluding hydrogens is 280 g/mol.